The Kier molecular flexibility index (Phi) is 5.58. The van der Waals surface area contributed by atoms with E-state index in [0.717, 1.165) is 32.1 Å². The van der Waals surface area contributed by atoms with Crippen molar-refractivity contribution in [3.8, 4) is 0 Å². The lowest BCUT2D eigenvalue weighted by Crippen LogP contribution is -2.45. The Hall–Kier alpha value is -2.80. The molecule has 1 amide bonds. The van der Waals surface area contributed by atoms with Crippen LogP contribution in [0.3, 0.4) is 0 Å². The van der Waals surface area contributed by atoms with Crippen molar-refractivity contribution in [1.29, 1.82) is 0 Å². The molecule has 1 aromatic carbocycles. The highest BCUT2D eigenvalue weighted by atomic mass is 16.4. The maximum atomic E-state index is 12.2. The summed E-state index contributed by atoms with van der Waals surface area (Å²) in [5.74, 6) is -1.51. The molecule has 0 saturated heterocycles. The van der Waals surface area contributed by atoms with Gasteiger partial charge in [0.05, 0.1) is 12.4 Å². The Labute approximate surface area is 152 Å². The van der Waals surface area contributed by atoms with Crippen LogP contribution >= 0.6 is 0 Å². The fourth-order valence-electron chi connectivity index (χ4n) is 3.22. The molecule has 2 N–H and O–H groups in total. The zero-order chi connectivity index (χ0) is 18.5. The van der Waals surface area contributed by atoms with Crippen molar-refractivity contribution < 1.29 is 14.7 Å². The Morgan fingerprint density at radius 2 is 1.88 bits per heavy atom. The van der Waals surface area contributed by atoms with E-state index in [1.165, 1.54) is 17.3 Å². The summed E-state index contributed by atoms with van der Waals surface area (Å²) in [5.41, 5.74) is 2.68. The Morgan fingerprint density at radius 3 is 2.54 bits per heavy atom. The van der Waals surface area contributed by atoms with Gasteiger partial charge in [0.2, 0.25) is 0 Å². The van der Waals surface area contributed by atoms with E-state index < -0.39 is 5.97 Å². The highest BCUT2D eigenvalue weighted by Crippen LogP contribution is 2.21. The number of rotatable bonds is 6. The van der Waals surface area contributed by atoms with E-state index in [9.17, 15) is 9.59 Å². The van der Waals surface area contributed by atoms with Gasteiger partial charge in [-0.3, -0.25) is 9.69 Å². The van der Waals surface area contributed by atoms with Gasteiger partial charge in [-0.1, -0.05) is 31.2 Å². The van der Waals surface area contributed by atoms with Crippen molar-refractivity contribution in [1.82, 2.24) is 20.2 Å². The van der Waals surface area contributed by atoms with Crippen molar-refractivity contribution in [3.05, 3.63) is 59.2 Å². The molecule has 1 unspecified atom stereocenters. The molecule has 2 heterocycles. The van der Waals surface area contributed by atoms with Gasteiger partial charge in [-0.15, -0.1) is 0 Å². The van der Waals surface area contributed by atoms with E-state index in [4.69, 9.17) is 5.11 Å². The third-order valence-corrected chi connectivity index (χ3v) is 4.75. The van der Waals surface area contributed by atoms with Crippen LogP contribution in [-0.4, -0.2) is 51.0 Å². The van der Waals surface area contributed by atoms with Crippen LogP contribution in [0.25, 0.3) is 0 Å². The van der Waals surface area contributed by atoms with Crippen molar-refractivity contribution in [2.75, 3.05) is 13.1 Å². The second-order valence-corrected chi connectivity index (χ2v) is 6.35. The van der Waals surface area contributed by atoms with Gasteiger partial charge in [-0.25, -0.2) is 14.8 Å². The van der Waals surface area contributed by atoms with Crippen molar-refractivity contribution in [3.63, 3.8) is 0 Å². The lowest BCUT2D eigenvalue weighted by atomic mass is 9.98. The topological polar surface area (TPSA) is 95.4 Å². The number of benzene rings is 1. The third-order valence-electron chi connectivity index (χ3n) is 4.75. The van der Waals surface area contributed by atoms with E-state index in [1.54, 1.807) is 0 Å². The molecule has 3 rings (SSSR count). The Morgan fingerprint density at radius 1 is 1.19 bits per heavy atom. The molecular formula is C19H22N4O3. The van der Waals surface area contributed by atoms with Gasteiger partial charge in [0.1, 0.15) is 5.69 Å². The number of aromatic carboxylic acids is 1. The Bertz CT molecular complexity index is 792. The van der Waals surface area contributed by atoms with Crippen LogP contribution in [0.1, 0.15) is 45.4 Å². The average Bonchev–Trinajstić information content (AvgIpc) is 2.68. The highest BCUT2D eigenvalue weighted by molar-refractivity contribution is 5.92. The second kappa shape index (κ2) is 8.05. The van der Waals surface area contributed by atoms with Crippen LogP contribution in [0.2, 0.25) is 0 Å². The predicted octanol–water partition coefficient (Wildman–Crippen LogP) is 1.74. The van der Waals surface area contributed by atoms with Gasteiger partial charge in [0, 0.05) is 25.7 Å². The number of fused-ring (bicyclic) bond motifs is 1. The van der Waals surface area contributed by atoms with E-state index in [0.29, 0.717) is 6.54 Å². The van der Waals surface area contributed by atoms with Crippen LogP contribution < -0.4 is 5.32 Å². The van der Waals surface area contributed by atoms with E-state index in [2.05, 4.69) is 51.4 Å². The van der Waals surface area contributed by atoms with E-state index in [1.807, 2.05) is 0 Å². The van der Waals surface area contributed by atoms with Gasteiger partial charge in [-0.05, 0) is 24.0 Å². The molecule has 1 aliphatic heterocycles. The van der Waals surface area contributed by atoms with E-state index >= 15 is 0 Å². The summed E-state index contributed by atoms with van der Waals surface area (Å²) in [5, 5.41) is 11.7. The minimum Gasteiger partial charge on any atom is -0.476 e. The summed E-state index contributed by atoms with van der Waals surface area (Å²) in [6, 6.07) is 8.70. The highest BCUT2D eigenvalue weighted by Gasteiger charge is 2.23. The first kappa shape index (κ1) is 18.0. The first-order chi connectivity index (χ1) is 12.6. The summed E-state index contributed by atoms with van der Waals surface area (Å²) in [6.45, 7) is 4.48. The lowest BCUT2D eigenvalue weighted by molar-refractivity contribution is 0.0689. The molecule has 7 heteroatoms. The quantitative estimate of drug-likeness (QED) is 0.820. The van der Waals surface area contributed by atoms with E-state index in [-0.39, 0.29) is 23.3 Å². The zero-order valence-electron chi connectivity index (χ0n) is 14.7. The maximum absolute atomic E-state index is 12.2. The molecule has 1 atom stereocenters. The van der Waals surface area contributed by atoms with Crippen LogP contribution in [0, 0.1) is 0 Å². The Balaban J connectivity index is 1.59. The first-order valence-corrected chi connectivity index (χ1v) is 8.73. The van der Waals surface area contributed by atoms with Crippen molar-refractivity contribution >= 4 is 11.9 Å². The summed E-state index contributed by atoms with van der Waals surface area (Å²) in [4.78, 5) is 33.0. The van der Waals surface area contributed by atoms with Crippen LogP contribution in [-0.2, 0) is 13.0 Å². The molecule has 1 aliphatic rings. The van der Waals surface area contributed by atoms with Crippen LogP contribution in [0.4, 0.5) is 0 Å². The molecular weight excluding hydrogens is 332 g/mol. The smallest absolute Gasteiger partial charge is 0.356 e. The molecule has 0 fully saturated rings. The maximum Gasteiger partial charge on any atom is 0.356 e. The zero-order valence-corrected chi connectivity index (χ0v) is 14.7. The third kappa shape index (κ3) is 4.05. The number of hydrogen-bond acceptors (Lipinski definition) is 5. The second-order valence-electron chi connectivity index (χ2n) is 6.35. The molecule has 7 nitrogen and oxygen atoms in total. The van der Waals surface area contributed by atoms with Gasteiger partial charge >= 0.3 is 5.97 Å². The fraction of sp³-hybridized carbons (Fsp3) is 0.368. The number of hydrogen-bond donors (Lipinski definition) is 2. The summed E-state index contributed by atoms with van der Waals surface area (Å²) < 4.78 is 0. The molecule has 1 aromatic heterocycles. The molecule has 26 heavy (non-hydrogen) atoms. The summed E-state index contributed by atoms with van der Waals surface area (Å²) in [7, 11) is 0. The number of carboxylic acids is 1. The molecule has 0 aliphatic carbocycles. The number of carbonyl (C=O) groups is 2. The van der Waals surface area contributed by atoms with Gasteiger partial charge < -0.3 is 10.4 Å². The molecule has 136 valence electrons. The molecule has 2 aromatic rings. The minimum atomic E-state index is -1.17. The molecule has 0 radical (unpaired) electrons. The SMILES string of the molecule is CCC(CNC(=O)c1cnc(C(=O)O)cn1)N1CCc2ccccc2C1. The number of amides is 1. The number of carbonyl (C=O) groups excluding carboxylic acids is 1. The predicted molar refractivity (Wildman–Crippen MR) is 96.0 cm³/mol. The average molecular weight is 354 g/mol. The molecule has 0 saturated carbocycles. The normalized spacial score (nSPS) is 15.1. The number of nitrogens with zero attached hydrogens (tertiary/aromatic N) is 3. The van der Waals surface area contributed by atoms with Crippen LogP contribution in [0.5, 0.6) is 0 Å². The minimum absolute atomic E-state index is 0.119. The summed E-state index contributed by atoms with van der Waals surface area (Å²) >= 11 is 0. The van der Waals surface area contributed by atoms with Crippen molar-refractivity contribution in [2.45, 2.75) is 32.4 Å². The van der Waals surface area contributed by atoms with Gasteiger partial charge in [0.25, 0.3) is 5.91 Å². The van der Waals surface area contributed by atoms with Gasteiger partial charge in [-0.2, -0.15) is 0 Å². The van der Waals surface area contributed by atoms with Crippen molar-refractivity contribution in [2.24, 2.45) is 0 Å². The van der Waals surface area contributed by atoms with Crippen LogP contribution in [0.15, 0.2) is 36.7 Å². The monoisotopic (exact) mass is 354 g/mol. The number of carboxylic acid groups (broad SMARTS) is 1. The number of nitrogens with one attached hydrogen (secondary N) is 1. The fourth-order valence-corrected chi connectivity index (χ4v) is 3.22. The summed E-state index contributed by atoms with van der Waals surface area (Å²) in [6.07, 6.45) is 4.22. The first-order valence-electron chi connectivity index (χ1n) is 8.73. The van der Waals surface area contributed by atoms with Gasteiger partial charge in [0.15, 0.2) is 5.69 Å². The number of aromatic nitrogens is 2. The lowest BCUT2D eigenvalue weighted by Gasteiger charge is -2.35. The molecule has 0 bridgehead atoms. The molecule has 0 spiro atoms. The standard InChI is InChI=1S/C19H22N4O3/c1-2-15(23-8-7-13-5-3-4-6-14(13)12-23)9-22-18(24)16-10-21-17(11-20-16)19(25)26/h3-6,10-11,15H,2,7-9,12H2,1H3,(H,22,24)(H,25,26). The largest absolute Gasteiger partial charge is 0.476 e.